The van der Waals surface area contributed by atoms with E-state index >= 15 is 0 Å². The number of benzene rings is 1. The number of aliphatic hydroxyl groups is 1. The standard InChI is InChI=1S/C13H17F3O/c1-4-9(2)12(3,17)10-7-5-6-8-11(10)13(14,15)16/h5-9,17H,4H2,1-3H3. The van der Waals surface area contributed by atoms with Gasteiger partial charge in [-0.25, -0.2) is 0 Å². The van der Waals surface area contributed by atoms with Crippen LogP contribution in [0.2, 0.25) is 0 Å². The number of hydrogen-bond donors (Lipinski definition) is 1. The fourth-order valence-electron chi connectivity index (χ4n) is 1.83. The lowest BCUT2D eigenvalue weighted by Gasteiger charge is -2.32. The molecule has 2 unspecified atom stereocenters. The number of halogens is 3. The van der Waals surface area contributed by atoms with Crippen molar-refractivity contribution in [3.05, 3.63) is 35.4 Å². The topological polar surface area (TPSA) is 20.2 Å². The highest BCUT2D eigenvalue weighted by Crippen LogP contribution is 2.40. The van der Waals surface area contributed by atoms with Gasteiger partial charge in [-0.3, -0.25) is 0 Å². The van der Waals surface area contributed by atoms with Gasteiger partial charge in [-0.15, -0.1) is 0 Å². The molecule has 0 amide bonds. The van der Waals surface area contributed by atoms with Crippen molar-refractivity contribution >= 4 is 0 Å². The minimum atomic E-state index is -4.44. The summed E-state index contributed by atoms with van der Waals surface area (Å²) in [7, 11) is 0. The molecule has 0 heterocycles. The van der Waals surface area contributed by atoms with E-state index in [-0.39, 0.29) is 11.5 Å². The molecule has 0 spiro atoms. The highest BCUT2D eigenvalue weighted by atomic mass is 19.4. The van der Waals surface area contributed by atoms with E-state index in [1.807, 2.05) is 6.92 Å². The molecule has 0 aliphatic heterocycles. The number of rotatable bonds is 3. The van der Waals surface area contributed by atoms with Gasteiger partial charge in [0.15, 0.2) is 0 Å². The summed E-state index contributed by atoms with van der Waals surface area (Å²) in [5.74, 6) is -0.244. The Labute approximate surface area is 99.3 Å². The summed E-state index contributed by atoms with van der Waals surface area (Å²) in [5, 5.41) is 10.3. The zero-order valence-corrected chi connectivity index (χ0v) is 10.2. The monoisotopic (exact) mass is 246 g/mol. The van der Waals surface area contributed by atoms with Crippen molar-refractivity contribution in [2.45, 2.75) is 39.0 Å². The Morgan fingerprint density at radius 1 is 1.18 bits per heavy atom. The van der Waals surface area contributed by atoms with Crippen LogP contribution >= 0.6 is 0 Å². The maximum absolute atomic E-state index is 12.8. The van der Waals surface area contributed by atoms with Gasteiger partial charge in [0.25, 0.3) is 0 Å². The van der Waals surface area contributed by atoms with Gasteiger partial charge >= 0.3 is 6.18 Å². The molecule has 96 valence electrons. The van der Waals surface area contributed by atoms with E-state index in [1.54, 1.807) is 6.92 Å². The Morgan fingerprint density at radius 2 is 1.65 bits per heavy atom. The van der Waals surface area contributed by atoms with E-state index in [9.17, 15) is 18.3 Å². The molecule has 1 nitrogen and oxygen atoms in total. The first-order valence-corrected chi connectivity index (χ1v) is 5.60. The highest BCUT2D eigenvalue weighted by molar-refractivity contribution is 5.34. The van der Waals surface area contributed by atoms with Crippen molar-refractivity contribution in [2.24, 2.45) is 5.92 Å². The Kier molecular flexibility index (Phi) is 3.87. The van der Waals surface area contributed by atoms with Gasteiger partial charge in [-0.05, 0) is 24.5 Å². The molecule has 1 aromatic carbocycles. The SMILES string of the molecule is CCC(C)C(C)(O)c1ccccc1C(F)(F)F. The van der Waals surface area contributed by atoms with Crippen LogP contribution in [0, 0.1) is 5.92 Å². The van der Waals surface area contributed by atoms with Crippen LogP contribution in [0.3, 0.4) is 0 Å². The first-order valence-electron chi connectivity index (χ1n) is 5.60. The molecule has 0 radical (unpaired) electrons. The normalized spacial score (nSPS) is 17.6. The van der Waals surface area contributed by atoms with Gasteiger partial charge in [-0.1, -0.05) is 38.5 Å². The van der Waals surface area contributed by atoms with E-state index < -0.39 is 17.3 Å². The Balaban J connectivity index is 3.32. The Morgan fingerprint density at radius 3 is 2.06 bits per heavy atom. The molecule has 1 rings (SSSR count). The summed E-state index contributed by atoms with van der Waals surface area (Å²) in [6.07, 6.45) is -3.83. The van der Waals surface area contributed by atoms with Crippen molar-refractivity contribution in [2.75, 3.05) is 0 Å². The summed E-state index contributed by atoms with van der Waals surface area (Å²) in [5.41, 5.74) is -2.28. The fraction of sp³-hybridized carbons (Fsp3) is 0.538. The smallest absolute Gasteiger partial charge is 0.385 e. The fourth-order valence-corrected chi connectivity index (χ4v) is 1.83. The average Bonchev–Trinajstić information content (AvgIpc) is 2.26. The van der Waals surface area contributed by atoms with Crippen LogP contribution < -0.4 is 0 Å². The van der Waals surface area contributed by atoms with Gasteiger partial charge in [0.1, 0.15) is 0 Å². The van der Waals surface area contributed by atoms with Gasteiger partial charge in [-0.2, -0.15) is 13.2 Å². The molecule has 0 bridgehead atoms. The minimum absolute atomic E-state index is 0.0538. The maximum atomic E-state index is 12.8. The number of alkyl halides is 3. The zero-order chi connectivity index (χ0) is 13.3. The zero-order valence-electron chi connectivity index (χ0n) is 10.2. The predicted octanol–water partition coefficient (Wildman–Crippen LogP) is 3.96. The van der Waals surface area contributed by atoms with Crippen LogP contribution in [-0.4, -0.2) is 5.11 Å². The molecule has 0 saturated heterocycles. The van der Waals surface area contributed by atoms with E-state index in [0.29, 0.717) is 6.42 Å². The largest absolute Gasteiger partial charge is 0.416 e. The third-order valence-electron chi connectivity index (χ3n) is 3.35. The Bertz CT molecular complexity index is 382. The maximum Gasteiger partial charge on any atom is 0.416 e. The molecule has 4 heteroatoms. The molecule has 0 aromatic heterocycles. The van der Waals surface area contributed by atoms with Crippen molar-refractivity contribution < 1.29 is 18.3 Å². The Hall–Kier alpha value is -1.03. The first kappa shape index (κ1) is 14.0. The second kappa shape index (κ2) is 4.69. The lowest BCUT2D eigenvalue weighted by atomic mass is 9.80. The second-order valence-corrected chi connectivity index (χ2v) is 4.50. The van der Waals surface area contributed by atoms with Crippen molar-refractivity contribution in [3.63, 3.8) is 0 Å². The molecule has 1 N–H and O–H groups in total. The molecule has 1 aromatic rings. The van der Waals surface area contributed by atoms with Gasteiger partial charge in [0.2, 0.25) is 0 Å². The van der Waals surface area contributed by atoms with E-state index in [1.165, 1.54) is 25.1 Å². The summed E-state index contributed by atoms with van der Waals surface area (Å²) >= 11 is 0. The van der Waals surface area contributed by atoms with Crippen molar-refractivity contribution in [3.8, 4) is 0 Å². The quantitative estimate of drug-likeness (QED) is 0.855. The molecule has 2 atom stereocenters. The van der Waals surface area contributed by atoms with Crippen LogP contribution in [-0.2, 0) is 11.8 Å². The lowest BCUT2D eigenvalue weighted by molar-refractivity contribution is -0.141. The van der Waals surface area contributed by atoms with Gasteiger partial charge in [0, 0.05) is 0 Å². The van der Waals surface area contributed by atoms with E-state index in [2.05, 4.69) is 0 Å². The summed E-state index contributed by atoms with van der Waals surface area (Å²) in [6, 6.07) is 5.20. The third kappa shape index (κ3) is 2.80. The number of hydrogen-bond acceptors (Lipinski definition) is 1. The second-order valence-electron chi connectivity index (χ2n) is 4.50. The third-order valence-corrected chi connectivity index (χ3v) is 3.35. The molecule has 0 aliphatic carbocycles. The lowest BCUT2D eigenvalue weighted by Crippen LogP contribution is -2.32. The molecular weight excluding hydrogens is 229 g/mol. The first-order chi connectivity index (χ1) is 7.71. The molecule has 0 fully saturated rings. The van der Waals surface area contributed by atoms with Gasteiger partial charge < -0.3 is 5.11 Å². The molecule has 0 aliphatic rings. The summed E-state index contributed by atoms with van der Waals surface area (Å²) in [6.45, 7) is 5.02. The molecule has 0 saturated carbocycles. The van der Waals surface area contributed by atoms with Crippen LogP contribution in [0.25, 0.3) is 0 Å². The van der Waals surface area contributed by atoms with Crippen LogP contribution in [0.5, 0.6) is 0 Å². The van der Waals surface area contributed by atoms with Crippen molar-refractivity contribution in [1.82, 2.24) is 0 Å². The average molecular weight is 246 g/mol. The predicted molar refractivity (Wildman–Crippen MR) is 60.5 cm³/mol. The van der Waals surface area contributed by atoms with Crippen LogP contribution in [0.4, 0.5) is 13.2 Å². The molecule has 17 heavy (non-hydrogen) atoms. The van der Waals surface area contributed by atoms with Crippen LogP contribution in [0.15, 0.2) is 24.3 Å². The van der Waals surface area contributed by atoms with E-state index in [0.717, 1.165) is 6.07 Å². The van der Waals surface area contributed by atoms with Gasteiger partial charge in [0.05, 0.1) is 11.2 Å². The minimum Gasteiger partial charge on any atom is -0.385 e. The highest BCUT2D eigenvalue weighted by Gasteiger charge is 2.40. The van der Waals surface area contributed by atoms with Crippen LogP contribution in [0.1, 0.15) is 38.3 Å². The summed E-state index contributed by atoms with van der Waals surface area (Å²) in [4.78, 5) is 0. The van der Waals surface area contributed by atoms with Crippen molar-refractivity contribution in [1.29, 1.82) is 0 Å². The molecular formula is C13H17F3O. The van der Waals surface area contributed by atoms with E-state index in [4.69, 9.17) is 0 Å². The summed E-state index contributed by atoms with van der Waals surface area (Å²) < 4.78 is 38.5.